The highest BCUT2D eigenvalue weighted by atomic mass is 127. The number of esters is 2. The number of pyridine rings is 1. The zero-order valence-corrected chi connectivity index (χ0v) is 29.8. The van der Waals surface area contributed by atoms with Gasteiger partial charge in [0.25, 0.3) is 0 Å². The molecule has 1 aromatic carbocycles. The summed E-state index contributed by atoms with van der Waals surface area (Å²) in [6, 6.07) is 6.92. The Labute approximate surface area is 287 Å². The first-order valence-corrected chi connectivity index (χ1v) is 20.7. The third-order valence-electron chi connectivity index (χ3n) is 7.51. The van der Waals surface area contributed by atoms with Crippen molar-refractivity contribution < 1.29 is 33.0 Å². The molecule has 4 amide bonds. The van der Waals surface area contributed by atoms with Gasteiger partial charge in [0.2, 0.25) is 21.2 Å². The van der Waals surface area contributed by atoms with Crippen LogP contribution < -0.4 is 10.6 Å². The van der Waals surface area contributed by atoms with Crippen LogP contribution in [0, 0.1) is 9.39 Å². The van der Waals surface area contributed by atoms with E-state index < -0.39 is 62.3 Å². The van der Waals surface area contributed by atoms with Crippen LogP contribution in [0.5, 0.6) is 0 Å². The zero-order valence-electron chi connectivity index (χ0n) is 24.6. The number of nitrogens with one attached hydrogen (secondary N) is 2. The number of methoxy groups -OCH3 is 1. The Morgan fingerprint density at radius 3 is 2.67 bits per heavy atom. The number of carbonyl (C=O) groups excluding carboxylic acids is 4. The molecule has 242 valence electrons. The highest BCUT2D eigenvalue weighted by molar-refractivity contribution is 14.2. The lowest BCUT2D eigenvalue weighted by Crippen LogP contribution is -2.56. The number of amides is 4. The quantitative estimate of drug-likeness (QED) is 0.108. The molecule has 1 unspecified atom stereocenters. The third kappa shape index (κ3) is 9.00. The highest BCUT2D eigenvalue weighted by Crippen LogP contribution is 2.36. The second-order valence-electron chi connectivity index (χ2n) is 10.2. The second-order valence-corrected chi connectivity index (χ2v) is 14.9. The summed E-state index contributed by atoms with van der Waals surface area (Å²) in [5.74, 6) is -1.40. The molecule has 11 nitrogen and oxygen atoms in total. The van der Waals surface area contributed by atoms with E-state index in [1.807, 2.05) is 18.3 Å². The number of nitrogens with zero attached hydrogens (tertiary/aromatic N) is 3. The van der Waals surface area contributed by atoms with Crippen LogP contribution in [0.2, 0.25) is 0 Å². The van der Waals surface area contributed by atoms with E-state index >= 15 is 0 Å². The lowest BCUT2D eigenvalue weighted by molar-refractivity contribution is -0.141. The lowest BCUT2D eigenvalue weighted by Gasteiger charge is -2.36. The largest absolute Gasteiger partial charge is 0.466 e. The van der Waals surface area contributed by atoms with Gasteiger partial charge in [-0.2, -0.15) is 0 Å². The minimum absolute atomic E-state index is 0.0550. The number of likely N-dealkylation sites (tertiary alicyclic amines) is 1. The molecule has 2 aliphatic heterocycles. The van der Waals surface area contributed by atoms with Gasteiger partial charge in [-0.05, 0) is 68.7 Å². The second kappa shape index (κ2) is 17.3. The zero-order chi connectivity index (χ0) is 32.3. The summed E-state index contributed by atoms with van der Waals surface area (Å²) in [6.45, 7) is 2.89. The van der Waals surface area contributed by atoms with Gasteiger partial charge in [0, 0.05) is 36.9 Å². The average Bonchev–Trinajstić information content (AvgIpc) is 3.06. The minimum atomic E-state index is -1.38. The molecule has 3 heterocycles. The van der Waals surface area contributed by atoms with E-state index in [1.54, 1.807) is 0 Å². The van der Waals surface area contributed by atoms with Gasteiger partial charge < -0.3 is 25.0 Å². The molecule has 1 atom stereocenters. The number of ether oxygens (including phenoxy) is 2. The lowest BCUT2D eigenvalue weighted by atomic mass is 9.93. The number of piperidine rings is 1. The van der Waals surface area contributed by atoms with Gasteiger partial charge in [-0.1, -0.05) is 37.4 Å². The summed E-state index contributed by atoms with van der Waals surface area (Å²) in [6.07, 6.45) is 4.44. The topological polar surface area (TPSA) is 130 Å². The number of carbonyl (C=O) groups is 4. The normalized spacial score (nSPS) is 17.5. The van der Waals surface area contributed by atoms with Crippen LogP contribution in [-0.4, -0.2) is 88.9 Å². The van der Waals surface area contributed by atoms with Crippen LogP contribution in [-0.2, 0) is 28.0 Å². The molecule has 0 bridgehead atoms. The molecule has 2 aliphatic rings. The number of hydrogen-bond donors (Lipinski definition) is 2. The summed E-state index contributed by atoms with van der Waals surface area (Å²) < 4.78 is 28.9. The Bertz CT molecular complexity index is 1440. The van der Waals surface area contributed by atoms with Gasteiger partial charge >= 0.3 is 24.0 Å². The van der Waals surface area contributed by atoms with E-state index in [0.717, 1.165) is 59.1 Å². The number of hydrogen-bond acceptors (Lipinski definition) is 8. The van der Waals surface area contributed by atoms with Crippen molar-refractivity contribution in [1.29, 1.82) is 0 Å². The third-order valence-corrected chi connectivity index (χ3v) is 11.0. The molecule has 2 aromatic rings. The van der Waals surface area contributed by atoms with Crippen molar-refractivity contribution in [3.8, 4) is 0 Å². The number of halogens is 3. The minimum Gasteiger partial charge on any atom is -0.466 e. The predicted molar refractivity (Wildman–Crippen MR) is 188 cm³/mol. The van der Waals surface area contributed by atoms with Crippen molar-refractivity contribution in [2.45, 2.75) is 31.2 Å². The smallest absolute Gasteiger partial charge is 0.355 e. The van der Waals surface area contributed by atoms with Gasteiger partial charge in [-0.3, -0.25) is 4.98 Å². The average molecular weight is 867 g/mol. The Hall–Kier alpha value is -2.64. The van der Waals surface area contributed by atoms with Gasteiger partial charge in [0.05, 0.1) is 12.7 Å². The van der Waals surface area contributed by atoms with E-state index in [1.165, 1.54) is 18.2 Å². The summed E-state index contributed by atoms with van der Waals surface area (Å²) in [7, 11) is 2.09. The van der Waals surface area contributed by atoms with Gasteiger partial charge in [-0.15, -0.1) is 0 Å². The molecule has 1 aromatic heterocycles. The van der Waals surface area contributed by atoms with Crippen LogP contribution in [0.15, 0.2) is 53.9 Å². The number of urea groups is 2. The Morgan fingerprint density at radius 2 is 2.00 bits per heavy atom. The molecule has 1 saturated heterocycles. The Balaban J connectivity index is 1.50. The van der Waals surface area contributed by atoms with Crippen molar-refractivity contribution in [3.05, 3.63) is 74.5 Å². The predicted octanol–water partition coefficient (Wildman–Crippen LogP) is 3.97. The van der Waals surface area contributed by atoms with E-state index in [9.17, 15) is 23.6 Å². The first-order chi connectivity index (χ1) is 21.8. The molecule has 45 heavy (non-hydrogen) atoms. The number of thiol groups is 1. The fraction of sp³-hybridized carbons (Fsp3) is 0.400. The molecule has 0 aliphatic carbocycles. The fourth-order valence-corrected chi connectivity index (χ4v) is 7.19. The number of rotatable bonds is 12. The van der Waals surface area contributed by atoms with E-state index in [-0.39, 0.29) is 24.3 Å². The number of benzene rings is 1. The van der Waals surface area contributed by atoms with E-state index in [0.29, 0.717) is 21.7 Å². The first kappa shape index (κ1) is 35.2. The van der Waals surface area contributed by atoms with Crippen LogP contribution >= 0.6 is 41.9 Å². The van der Waals surface area contributed by atoms with Crippen molar-refractivity contribution in [2.24, 2.45) is 0 Å². The van der Waals surface area contributed by atoms with Gasteiger partial charge in [0.15, 0.2) is 0 Å². The highest BCUT2D eigenvalue weighted by Gasteiger charge is 2.45. The van der Waals surface area contributed by atoms with E-state index in [2.05, 4.69) is 52.3 Å². The molecule has 0 radical (unpaired) electrons. The molecular weight excluding hydrogens is 831 g/mol. The van der Waals surface area contributed by atoms with E-state index in [4.69, 9.17) is 9.47 Å². The molecule has 2 N–H and O–H groups in total. The summed E-state index contributed by atoms with van der Waals surface area (Å²) >= 11 is 1.13. The first-order valence-electron chi connectivity index (χ1n) is 14.3. The Morgan fingerprint density at radius 1 is 1.22 bits per heavy atom. The van der Waals surface area contributed by atoms with Crippen molar-refractivity contribution in [3.63, 3.8) is 0 Å². The molecule has 4 rings (SSSR count). The molecule has 1 fully saturated rings. The summed E-state index contributed by atoms with van der Waals surface area (Å²) in [5, 5.41) is 5.15. The van der Waals surface area contributed by atoms with Crippen LogP contribution in [0.1, 0.15) is 42.5 Å². The van der Waals surface area contributed by atoms with Crippen LogP contribution in [0.25, 0.3) is 0 Å². The van der Waals surface area contributed by atoms with Crippen molar-refractivity contribution in [1.82, 2.24) is 25.4 Å². The maximum absolute atomic E-state index is 14.5. The molecule has 0 spiro atoms. The fourth-order valence-electron chi connectivity index (χ4n) is 5.31. The molecular formula is C30H35FI2N5O6S+. The van der Waals surface area contributed by atoms with Crippen molar-refractivity contribution in [2.75, 3.05) is 45.6 Å². The number of aromatic nitrogens is 1. The van der Waals surface area contributed by atoms with Crippen molar-refractivity contribution >= 4 is 79.4 Å². The summed E-state index contributed by atoms with van der Waals surface area (Å²) in [4.78, 5) is 60.8. The monoisotopic (exact) mass is 866 g/mol. The summed E-state index contributed by atoms with van der Waals surface area (Å²) in [5.41, 5.74) is 0.656. The molecule has 0 saturated carbocycles. The molecule has 15 heteroatoms. The van der Waals surface area contributed by atoms with Gasteiger partial charge in [0.1, 0.15) is 29.9 Å². The standard InChI is InChI=1S/C30H34FI2N5O6S/c1-33-22-18-20(7-8-21(22)31)26-24(27(39)43-2)25(28(40)44-16-17-45-32)36-30(42)38(26)29(41)35-12-5-13-37-14-9-19(10-15-37)23-6-3-4-11-34-23/h3-4,6-8,11,18-19,26H,1,5,9-10,12-17H2,2H3,(H,35,41)(H,36,42)/p+1. The van der Waals surface area contributed by atoms with Crippen LogP contribution in [0.4, 0.5) is 14.0 Å². The maximum atomic E-state index is 14.5. The van der Waals surface area contributed by atoms with Gasteiger partial charge in [-0.25, -0.2) is 28.5 Å². The van der Waals surface area contributed by atoms with Crippen LogP contribution in [0.3, 0.4) is 0 Å². The number of imide groups is 1. The SMILES string of the molecule is C=Ic1cc(C2C(C(=O)OC)=C(C(=O)OCC[SH+]I)NC(=O)N2C(=O)NCCCN2CCC(c3ccccn3)CC2)ccc1F. The Kier molecular flexibility index (Phi) is 13.6. The maximum Gasteiger partial charge on any atom is 0.355 e.